The van der Waals surface area contributed by atoms with E-state index in [1.54, 1.807) is 6.08 Å². The molecule has 0 aromatic rings. The van der Waals surface area contributed by atoms with E-state index in [1.807, 2.05) is 6.92 Å². The molecule has 0 aromatic carbocycles. The van der Waals surface area contributed by atoms with Crippen molar-refractivity contribution in [3.63, 3.8) is 0 Å². The minimum Gasteiger partial charge on any atom is -0.480 e. The third-order valence-electron chi connectivity index (χ3n) is 4.29. The third-order valence-corrected chi connectivity index (χ3v) is 4.29. The first-order valence-electron chi connectivity index (χ1n) is 6.95. The largest absolute Gasteiger partial charge is 0.480 e. The zero-order valence-electron chi connectivity index (χ0n) is 11.3. The van der Waals surface area contributed by atoms with E-state index in [1.165, 1.54) is 4.90 Å². The Morgan fingerprint density at radius 2 is 2.26 bits per heavy atom. The number of nitrogens with one attached hydrogen (secondary N) is 1. The number of carboxylic acids is 1. The maximum absolute atomic E-state index is 12.2. The topological polar surface area (TPSA) is 69.6 Å². The Hall–Kier alpha value is -1.52. The fraction of sp³-hybridized carbons (Fsp3) is 0.714. The van der Waals surface area contributed by atoms with Gasteiger partial charge in [-0.1, -0.05) is 12.5 Å². The number of carbonyl (C=O) groups excluding carboxylic acids is 1. The number of nitrogens with zero attached hydrogens (tertiary/aromatic N) is 1. The summed E-state index contributed by atoms with van der Waals surface area (Å²) in [4.78, 5) is 25.1. The molecule has 2 aliphatic rings. The van der Waals surface area contributed by atoms with Gasteiger partial charge in [0, 0.05) is 12.6 Å². The maximum Gasteiger partial charge on any atom is 0.326 e. The Labute approximate surface area is 113 Å². The van der Waals surface area contributed by atoms with Crippen molar-refractivity contribution in [1.82, 2.24) is 10.2 Å². The Morgan fingerprint density at radius 1 is 1.53 bits per heavy atom. The lowest BCUT2D eigenvalue weighted by Crippen LogP contribution is -2.49. The van der Waals surface area contributed by atoms with Crippen LogP contribution in [0.2, 0.25) is 0 Å². The van der Waals surface area contributed by atoms with Crippen LogP contribution in [0.25, 0.3) is 0 Å². The molecule has 1 saturated heterocycles. The summed E-state index contributed by atoms with van der Waals surface area (Å²) in [5.41, 5.74) is 0. The van der Waals surface area contributed by atoms with Gasteiger partial charge in [-0.25, -0.2) is 9.59 Å². The first-order valence-corrected chi connectivity index (χ1v) is 6.95. The quantitative estimate of drug-likeness (QED) is 0.763. The van der Waals surface area contributed by atoms with Crippen LogP contribution in [0.4, 0.5) is 4.79 Å². The predicted molar refractivity (Wildman–Crippen MR) is 71.8 cm³/mol. The Bertz CT molecular complexity index is 383. The van der Waals surface area contributed by atoms with Gasteiger partial charge in [-0.3, -0.25) is 0 Å². The molecule has 2 N–H and O–H groups in total. The van der Waals surface area contributed by atoms with Gasteiger partial charge in [0.1, 0.15) is 6.04 Å². The molecule has 0 spiro atoms. The molecule has 1 saturated carbocycles. The second-order valence-electron chi connectivity index (χ2n) is 5.67. The van der Waals surface area contributed by atoms with Gasteiger partial charge in [0.05, 0.1) is 0 Å². The van der Waals surface area contributed by atoms with Crippen molar-refractivity contribution in [2.75, 3.05) is 6.54 Å². The monoisotopic (exact) mass is 266 g/mol. The fourth-order valence-corrected chi connectivity index (χ4v) is 3.43. The summed E-state index contributed by atoms with van der Waals surface area (Å²) in [5.74, 6) is -0.375. The molecule has 0 radical (unpaired) electrons. The highest BCUT2D eigenvalue weighted by molar-refractivity contribution is 5.84. The highest BCUT2D eigenvalue weighted by Gasteiger charge is 2.49. The van der Waals surface area contributed by atoms with E-state index in [-0.39, 0.29) is 18.0 Å². The number of amides is 2. The lowest BCUT2D eigenvalue weighted by molar-refractivity contribution is -0.142. The van der Waals surface area contributed by atoms with Gasteiger partial charge >= 0.3 is 12.0 Å². The normalized spacial score (nSPS) is 30.8. The van der Waals surface area contributed by atoms with Crippen LogP contribution < -0.4 is 5.32 Å². The second kappa shape index (κ2) is 5.63. The number of urea groups is 1. The number of hydrogen-bond acceptors (Lipinski definition) is 2. The lowest BCUT2D eigenvalue weighted by atomic mass is 9.94. The molecule has 2 fully saturated rings. The van der Waals surface area contributed by atoms with Crippen LogP contribution in [-0.4, -0.2) is 40.6 Å². The van der Waals surface area contributed by atoms with Crippen molar-refractivity contribution in [2.45, 2.75) is 44.7 Å². The predicted octanol–water partition coefficient (Wildman–Crippen LogP) is 1.85. The maximum atomic E-state index is 12.2. The van der Waals surface area contributed by atoms with Gasteiger partial charge < -0.3 is 15.3 Å². The van der Waals surface area contributed by atoms with Crippen molar-refractivity contribution in [1.29, 1.82) is 0 Å². The van der Waals surface area contributed by atoms with Gasteiger partial charge in [-0.2, -0.15) is 0 Å². The molecule has 5 nitrogen and oxygen atoms in total. The molecule has 0 bridgehead atoms. The number of carboxylic acid groups (broad SMARTS) is 1. The Morgan fingerprint density at radius 3 is 2.89 bits per heavy atom. The summed E-state index contributed by atoms with van der Waals surface area (Å²) in [6.45, 7) is 6.11. The number of carbonyl (C=O) groups is 2. The molecule has 4 atom stereocenters. The van der Waals surface area contributed by atoms with Gasteiger partial charge in [0.25, 0.3) is 0 Å². The molecule has 5 heteroatoms. The first kappa shape index (κ1) is 13.9. The van der Waals surface area contributed by atoms with Crippen molar-refractivity contribution in [3.05, 3.63) is 12.7 Å². The Balaban J connectivity index is 2.04. The van der Waals surface area contributed by atoms with Crippen LogP contribution in [0.3, 0.4) is 0 Å². The number of rotatable bonds is 4. The minimum atomic E-state index is -0.874. The van der Waals surface area contributed by atoms with Crippen LogP contribution in [0, 0.1) is 11.8 Å². The van der Waals surface area contributed by atoms with E-state index < -0.39 is 12.0 Å². The average Bonchev–Trinajstić information content (AvgIpc) is 2.86. The number of hydrogen-bond donors (Lipinski definition) is 2. The summed E-state index contributed by atoms with van der Waals surface area (Å²) < 4.78 is 0. The summed E-state index contributed by atoms with van der Waals surface area (Å²) in [6.07, 6.45) is 5.48. The molecule has 19 heavy (non-hydrogen) atoms. The molecule has 0 aromatic heterocycles. The number of likely N-dealkylation sites (tertiary alicyclic amines) is 1. The SMILES string of the molecule is C=CCC(C)NC(=O)N1CC2CCCC2C1C(=O)O. The van der Waals surface area contributed by atoms with E-state index in [4.69, 9.17) is 0 Å². The minimum absolute atomic E-state index is 0.0140. The Kier molecular flexibility index (Phi) is 4.12. The van der Waals surface area contributed by atoms with E-state index in [0.717, 1.165) is 19.3 Å². The van der Waals surface area contributed by atoms with Crippen LogP contribution in [0.1, 0.15) is 32.6 Å². The molecule has 2 rings (SSSR count). The van der Waals surface area contributed by atoms with Gasteiger partial charge in [-0.15, -0.1) is 6.58 Å². The summed E-state index contributed by atoms with van der Waals surface area (Å²) in [6, 6.07) is -0.917. The van der Waals surface area contributed by atoms with Gasteiger partial charge in [0.15, 0.2) is 0 Å². The van der Waals surface area contributed by atoms with Crippen LogP contribution in [0.15, 0.2) is 12.7 Å². The molecule has 1 heterocycles. The van der Waals surface area contributed by atoms with E-state index in [2.05, 4.69) is 11.9 Å². The van der Waals surface area contributed by atoms with Crippen molar-refractivity contribution in [2.24, 2.45) is 11.8 Å². The van der Waals surface area contributed by atoms with E-state index in [9.17, 15) is 14.7 Å². The standard InChI is InChI=1S/C14H22N2O3/c1-3-5-9(2)15-14(19)16-8-10-6-4-7-11(10)12(16)13(17)18/h3,9-12H,1,4-8H2,2H3,(H,15,19)(H,17,18). The number of aliphatic carboxylic acids is 1. The van der Waals surface area contributed by atoms with E-state index >= 15 is 0 Å². The van der Waals surface area contributed by atoms with E-state index in [0.29, 0.717) is 18.9 Å². The molecular formula is C14H22N2O3. The van der Waals surface area contributed by atoms with Crippen LogP contribution >= 0.6 is 0 Å². The van der Waals surface area contributed by atoms with Gasteiger partial charge in [0.2, 0.25) is 0 Å². The molecular weight excluding hydrogens is 244 g/mol. The first-order chi connectivity index (χ1) is 9.04. The summed E-state index contributed by atoms with van der Waals surface area (Å²) in [7, 11) is 0. The average molecular weight is 266 g/mol. The molecule has 1 aliphatic heterocycles. The summed E-state index contributed by atoms with van der Waals surface area (Å²) >= 11 is 0. The highest BCUT2D eigenvalue weighted by atomic mass is 16.4. The molecule has 106 valence electrons. The molecule has 2 amide bonds. The third kappa shape index (κ3) is 2.74. The zero-order valence-corrected chi connectivity index (χ0v) is 11.3. The zero-order chi connectivity index (χ0) is 14.0. The number of fused-ring (bicyclic) bond motifs is 1. The van der Waals surface area contributed by atoms with Crippen molar-refractivity contribution >= 4 is 12.0 Å². The molecule has 4 unspecified atom stereocenters. The lowest BCUT2D eigenvalue weighted by Gasteiger charge is -2.26. The van der Waals surface area contributed by atoms with Crippen LogP contribution in [-0.2, 0) is 4.79 Å². The van der Waals surface area contributed by atoms with Crippen molar-refractivity contribution in [3.8, 4) is 0 Å². The van der Waals surface area contributed by atoms with Crippen LogP contribution in [0.5, 0.6) is 0 Å². The summed E-state index contributed by atoms with van der Waals surface area (Å²) in [5, 5.41) is 12.2. The van der Waals surface area contributed by atoms with Gasteiger partial charge in [-0.05, 0) is 38.0 Å². The molecule has 1 aliphatic carbocycles. The second-order valence-corrected chi connectivity index (χ2v) is 5.67. The fourth-order valence-electron chi connectivity index (χ4n) is 3.43. The van der Waals surface area contributed by atoms with Crippen molar-refractivity contribution < 1.29 is 14.7 Å². The smallest absolute Gasteiger partial charge is 0.326 e. The highest BCUT2D eigenvalue weighted by Crippen LogP contribution is 2.42.